The largest absolute Gasteiger partial charge is 0.481 e. The van der Waals surface area contributed by atoms with Gasteiger partial charge in [-0.1, -0.05) is 0 Å². The molecule has 90 valence electrons. The van der Waals surface area contributed by atoms with Crippen LogP contribution in [0, 0.1) is 5.92 Å². The van der Waals surface area contributed by atoms with Crippen LogP contribution in [-0.4, -0.2) is 23.5 Å². The summed E-state index contributed by atoms with van der Waals surface area (Å²) in [5.74, 6) is -1.67. The second kappa shape index (κ2) is 4.78. The molecule has 0 saturated carbocycles. The van der Waals surface area contributed by atoms with Gasteiger partial charge in [0, 0.05) is 27.6 Å². The van der Waals surface area contributed by atoms with Crippen LogP contribution in [0.4, 0.5) is 5.69 Å². The Kier molecular flexibility index (Phi) is 3.53. The van der Waals surface area contributed by atoms with Crippen molar-refractivity contribution in [2.75, 3.05) is 11.4 Å². The number of carbonyl (C=O) groups excluding carboxylic acids is 1. The third-order valence-electron chi connectivity index (χ3n) is 2.69. The van der Waals surface area contributed by atoms with Crippen molar-refractivity contribution < 1.29 is 14.7 Å². The second-order valence-corrected chi connectivity index (χ2v) is 5.55. The number of carboxylic acids is 1. The highest BCUT2D eigenvalue weighted by Gasteiger charge is 2.35. The molecule has 1 aromatic carbocycles. The topological polar surface area (TPSA) is 57.6 Å². The molecule has 1 atom stereocenters. The normalized spacial score (nSPS) is 19.8. The Labute approximate surface area is 115 Å². The Morgan fingerprint density at radius 1 is 1.35 bits per heavy atom. The average molecular weight is 363 g/mol. The fourth-order valence-electron chi connectivity index (χ4n) is 1.78. The Morgan fingerprint density at radius 2 is 2.06 bits per heavy atom. The van der Waals surface area contributed by atoms with E-state index in [0.717, 1.165) is 8.95 Å². The summed E-state index contributed by atoms with van der Waals surface area (Å²) in [4.78, 5) is 24.1. The van der Waals surface area contributed by atoms with Gasteiger partial charge in [0.1, 0.15) is 0 Å². The summed E-state index contributed by atoms with van der Waals surface area (Å²) in [6, 6.07) is 5.41. The van der Waals surface area contributed by atoms with Crippen molar-refractivity contribution in [3.8, 4) is 0 Å². The minimum Gasteiger partial charge on any atom is -0.481 e. The van der Waals surface area contributed by atoms with Crippen molar-refractivity contribution in [1.82, 2.24) is 0 Å². The molecule has 1 amide bonds. The molecule has 4 nitrogen and oxygen atoms in total. The molecule has 1 fully saturated rings. The lowest BCUT2D eigenvalue weighted by Crippen LogP contribution is -2.25. The van der Waals surface area contributed by atoms with Gasteiger partial charge < -0.3 is 10.0 Å². The fourth-order valence-corrected chi connectivity index (χ4v) is 2.39. The van der Waals surface area contributed by atoms with Crippen LogP contribution < -0.4 is 4.90 Å². The molecule has 17 heavy (non-hydrogen) atoms. The summed E-state index contributed by atoms with van der Waals surface area (Å²) < 4.78 is 1.73. The highest BCUT2D eigenvalue weighted by atomic mass is 79.9. The number of hydrogen-bond donors (Lipinski definition) is 1. The minimum absolute atomic E-state index is 0.0724. The maximum absolute atomic E-state index is 11.7. The highest BCUT2D eigenvalue weighted by Crippen LogP contribution is 2.31. The van der Waals surface area contributed by atoms with Crippen LogP contribution in [0.5, 0.6) is 0 Å². The van der Waals surface area contributed by atoms with E-state index in [9.17, 15) is 9.59 Å². The summed E-state index contributed by atoms with van der Waals surface area (Å²) in [6.07, 6.45) is 0.0724. The van der Waals surface area contributed by atoms with Crippen molar-refractivity contribution in [2.24, 2.45) is 5.92 Å². The Hall–Kier alpha value is -0.880. The van der Waals surface area contributed by atoms with Crippen molar-refractivity contribution >= 4 is 49.4 Å². The number of anilines is 1. The quantitative estimate of drug-likeness (QED) is 0.879. The molecule has 1 aliphatic rings. The smallest absolute Gasteiger partial charge is 0.308 e. The maximum Gasteiger partial charge on any atom is 0.308 e. The van der Waals surface area contributed by atoms with Gasteiger partial charge in [-0.15, -0.1) is 0 Å². The third-order valence-corrected chi connectivity index (χ3v) is 4.57. The fraction of sp³-hybridized carbons (Fsp3) is 0.273. The van der Waals surface area contributed by atoms with Crippen LogP contribution in [0.1, 0.15) is 6.42 Å². The van der Waals surface area contributed by atoms with E-state index >= 15 is 0 Å². The van der Waals surface area contributed by atoms with Crippen LogP contribution in [-0.2, 0) is 9.59 Å². The lowest BCUT2D eigenvalue weighted by atomic mass is 10.1. The molecule has 0 radical (unpaired) electrons. The Morgan fingerprint density at radius 3 is 2.59 bits per heavy atom. The molecule has 1 aromatic rings. The molecule has 1 heterocycles. The molecule has 2 rings (SSSR count). The molecule has 0 spiro atoms. The van der Waals surface area contributed by atoms with E-state index in [2.05, 4.69) is 31.9 Å². The Balaban J connectivity index is 2.26. The Bertz CT molecular complexity index is 490. The number of nitrogens with zero attached hydrogens (tertiary/aromatic N) is 1. The monoisotopic (exact) mass is 361 g/mol. The summed E-state index contributed by atoms with van der Waals surface area (Å²) >= 11 is 6.70. The molecule has 1 N–H and O–H groups in total. The molecular formula is C11H9Br2NO3. The van der Waals surface area contributed by atoms with Gasteiger partial charge in [-0.3, -0.25) is 9.59 Å². The second-order valence-electron chi connectivity index (χ2n) is 3.84. The number of carboxylic acid groups (broad SMARTS) is 1. The molecule has 0 aliphatic carbocycles. The molecule has 0 aromatic heterocycles. The van der Waals surface area contributed by atoms with E-state index in [1.807, 2.05) is 6.07 Å². The van der Waals surface area contributed by atoms with Gasteiger partial charge in [0.15, 0.2) is 0 Å². The molecular weight excluding hydrogens is 354 g/mol. The first-order chi connectivity index (χ1) is 7.99. The third kappa shape index (κ3) is 2.52. The average Bonchev–Trinajstić information content (AvgIpc) is 2.65. The zero-order valence-corrected chi connectivity index (χ0v) is 11.9. The van der Waals surface area contributed by atoms with E-state index in [4.69, 9.17) is 5.11 Å². The van der Waals surface area contributed by atoms with Gasteiger partial charge in [0.25, 0.3) is 0 Å². The van der Waals surface area contributed by atoms with Crippen LogP contribution in [0.3, 0.4) is 0 Å². The molecule has 6 heteroatoms. The number of aliphatic carboxylic acids is 1. The number of carbonyl (C=O) groups is 2. The van der Waals surface area contributed by atoms with Crippen LogP contribution in [0.2, 0.25) is 0 Å². The van der Waals surface area contributed by atoms with Crippen LogP contribution in [0.15, 0.2) is 27.1 Å². The van der Waals surface area contributed by atoms with E-state index in [-0.39, 0.29) is 18.9 Å². The first-order valence-corrected chi connectivity index (χ1v) is 6.56. The number of halogens is 2. The first-order valence-electron chi connectivity index (χ1n) is 4.97. The van der Waals surface area contributed by atoms with Crippen molar-refractivity contribution in [3.63, 3.8) is 0 Å². The number of hydrogen-bond acceptors (Lipinski definition) is 2. The van der Waals surface area contributed by atoms with E-state index in [1.165, 1.54) is 4.90 Å². The van der Waals surface area contributed by atoms with E-state index in [1.54, 1.807) is 12.1 Å². The number of benzene rings is 1. The van der Waals surface area contributed by atoms with Gasteiger partial charge in [0.2, 0.25) is 5.91 Å². The minimum atomic E-state index is -0.919. The summed E-state index contributed by atoms with van der Waals surface area (Å²) in [5, 5.41) is 8.90. The van der Waals surface area contributed by atoms with Crippen molar-refractivity contribution in [3.05, 3.63) is 27.1 Å². The standard InChI is InChI=1S/C11H9Br2NO3/c12-8-2-1-7(4-9(8)13)14-5-6(11(16)17)3-10(14)15/h1-2,4,6H,3,5H2,(H,16,17). The summed E-state index contributed by atoms with van der Waals surface area (Å²) in [6.45, 7) is 0.238. The highest BCUT2D eigenvalue weighted by molar-refractivity contribution is 9.13. The van der Waals surface area contributed by atoms with Gasteiger partial charge in [-0.25, -0.2) is 0 Å². The molecule has 1 unspecified atom stereocenters. The summed E-state index contributed by atoms with van der Waals surface area (Å²) in [5.41, 5.74) is 0.717. The first kappa shape index (κ1) is 12.6. The zero-order chi connectivity index (χ0) is 12.6. The number of amides is 1. The summed E-state index contributed by atoms with van der Waals surface area (Å²) in [7, 11) is 0. The van der Waals surface area contributed by atoms with E-state index in [0.29, 0.717) is 5.69 Å². The predicted octanol–water partition coefficient (Wildman–Crippen LogP) is 2.65. The van der Waals surface area contributed by atoms with Crippen molar-refractivity contribution in [1.29, 1.82) is 0 Å². The van der Waals surface area contributed by atoms with Gasteiger partial charge in [0.05, 0.1) is 5.92 Å². The lowest BCUT2D eigenvalue weighted by Gasteiger charge is -2.16. The van der Waals surface area contributed by atoms with Gasteiger partial charge in [-0.05, 0) is 50.1 Å². The number of rotatable bonds is 2. The SMILES string of the molecule is O=C(O)C1CC(=O)N(c2ccc(Br)c(Br)c2)C1. The van der Waals surface area contributed by atoms with Crippen molar-refractivity contribution in [2.45, 2.75) is 6.42 Å². The molecule has 1 saturated heterocycles. The van der Waals surface area contributed by atoms with Crippen LogP contribution in [0.25, 0.3) is 0 Å². The van der Waals surface area contributed by atoms with Crippen LogP contribution >= 0.6 is 31.9 Å². The van der Waals surface area contributed by atoms with E-state index < -0.39 is 11.9 Å². The predicted molar refractivity (Wildman–Crippen MR) is 69.9 cm³/mol. The molecule has 1 aliphatic heterocycles. The van der Waals surface area contributed by atoms with Gasteiger partial charge >= 0.3 is 5.97 Å². The van der Waals surface area contributed by atoms with Gasteiger partial charge in [-0.2, -0.15) is 0 Å². The zero-order valence-electron chi connectivity index (χ0n) is 8.69. The lowest BCUT2D eigenvalue weighted by molar-refractivity contribution is -0.141. The maximum atomic E-state index is 11.7. The molecule has 0 bridgehead atoms.